The maximum Gasteiger partial charge on any atom is 0.175 e. The van der Waals surface area contributed by atoms with E-state index in [1.165, 1.54) is 0 Å². The molecule has 0 spiro atoms. The van der Waals surface area contributed by atoms with Gasteiger partial charge < -0.3 is 9.47 Å². The molecule has 0 aromatic rings. The molecule has 0 aliphatic carbocycles. The summed E-state index contributed by atoms with van der Waals surface area (Å²) < 4.78 is 25.9. The average Bonchev–Trinajstić information content (AvgIpc) is 2.15. The van der Waals surface area contributed by atoms with E-state index in [0.29, 0.717) is 13.2 Å². The van der Waals surface area contributed by atoms with Crippen molar-refractivity contribution in [2.45, 2.75) is 65.0 Å². The number of ether oxygens (including phenoxy) is 2. The van der Waals surface area contributed by atoms with Crippen LogP contribution in [0.25, 0.3) is 0 Å². The lowest BCUT2D eigenvalue weighted by molar-refractivity contribution is -0.170. The molecule has 0 fully saturated rings. The molecule has 0 heterocycles. The molecule has 0 amide bonds. The van der Waals surface area contributed by atoms with Crippen LogP contribution < -0.4 is 4.72 Å². The van der Waals surface area contributed by atoms with E-state index in [4.69, 9.17) is 9.47 Å². The number of nitrogens with one attached hydrogen (secondary N) is 1. The summed E-state index contributed by atoms with van der Waals surface area (Å²) in [5, 5.41) is 0. The standard InChI is InChI=1S/C12H27NO3S/c1-8-15-10(16-9-2)12(6,7)13-17(14)11(3,4)5/h10,13H,8-9H2,1-7H3/t17-/m1/s1. The molecule has 4 nitrogen and oxygen atoms in total. The molecule has 0 rings (SSSR count). The van der Waals surface area contributed by atoms with E-state index >= 15 is 0 Å². The highest BCUT2D eigenvalue weighted by Crippen LogP contribution is 2.19. The first-order valence-electron chi connectivity index (χ1n) is 6.08. The van der Waals surface area contributed by atoms with Crippen LogP contribution in [0.2, 0.25) is 0 Å². The molecule has 1 atom stereocenters. The molecule has 0 unspecified atom stereocenters. The summed E-state index contributed by atoms with van der Waals surface area (Å²) in [6, 6.07) is 0. The molecule has 1 N–H and O–H groups in total. The van der Waals surface area contributed by atoms with Gasteiger partial charge in [0.2, 0.25) is 0 Å². The van der Waals surface area contributed by atoms with Crippen molar-refractivity contribution in [2.24, 2.45) is 0 Å². The minimum atomic E-state index is -1.14. The van der Waals surface area contributed by atoms with Crippen molar-refractivity contribution in [3.8, 4) is 0 Å². The lowest BCUT2D eigenvalue weighted by Crippen LogP contribution is -2.55. The zero-order valence-corrected chi connectivity index (χ0v) is 12.9. The first-order valence-corrected chi connectivity index (χ1v) is 7.23. The minimum absolute atomic E-state index is 0.305. The fraction of sp³-hybridized carbons (Fsp3) is 1.00. The normalized spacial score (nSPS) is 15.3. The summed E-state index contributed by atoms with van der Waals surface area (Å²) >= 11 is 0. The smallest absolute Gasteiger partial charge is 0.175 e. The Morgan fingerprint density at radius 1 is 1.06 bits per heavy atom. The number of rotatable bonds is 7. The first kappa shape index (κ1) is 17.0. The van der Waals surface area contributed by atoms with Crippen molar-refractivity contribution in [3.63, 3.8) is 0 Å². The third-order valence-electron chi connectivity index (χ3n) is 2.14. The maximum absolute atomic E-state index is 12.1. The van der Waals surface area contributed by atoms with Crippen LogP contribution in [-0.4, -0.2) is 34.0 Å². The van der Waals surface area contributed by atoms with E-state index in [0.717, 1.165) is 0 Å². The summed E-state index contributed by atoms with van der Waals surface area (Å²) in [4.78, 5) is 0. The largest absolute Gasteiger partial charge is 0.351 e. The highest BCUT2D eigenvalue weighted by atomic mass is 32.2. The molecule has 5 heteroatoms. The number of hydrogen-bond donors (Lipinski definition) is 1. The van der Waals surface area contributed by atoms with E-state index in [2.05, 4.69) is 4.72 Å². The maximum atomic E-state index is 12.1. The summed E-state index contributed by atoms with van der Waals surface area (Å²) in [5.74, 6) is 0. The monoisotopic (exact) mass is 265 g/mol. The molecule has 0 saturated carbocycles. The van der Waals surface area contributed by atoms with Crippen molar-refractivity contribution in [1.29, 1.82) is 0 Å². The van der Waals surface area contributed by atoms with E-state index in [1.807, 2.05) is 48.5 Å². The summed E-state index contributed by atoms with van der Waals surface area (Å²) in [6.07, 6.45) is -0.399. The van der Waals surface area contributed by atoms with Crippen LogP contribution in [0.5, 0.6) is 0 Å². The van der Waals surface area contributed by atoms with Gasteiger partial charge in [-0.05, 0) is 48.5 Å². The average molecular weight is 265 g/mol. The zero-order valence-electron chi connectivity index (χ0n) is 12.1. The van der Waals surface area contributed by atoms with Gasteiger partial charge in [-0.25, -0.2) is 8.93 Å². The van der Waals surface area contributed by atoms with Crippen LogP contribution in [0.1, 0.15) is 48.5 Å². The van der Waals surface area contributed by atoms with Gasteiger partial charge in [0.05, 0.1) is 21.3 Å². The second-order valence-electron chi connectivity index (χ2n) is 5.45. The molecule has 17 heavy (non-hydrogen) atoms. The van der Waals surface area contributed by atoms with E-state index < -0.39 is 22.8 Å². The Hall–Kier alpha value is 0.0300. The van der Waals surface area contributed by atoms with Gasteiger partial charge in [-0.2, -0.15) is 0 Å². The Bertz CT molecular complexity index is 243. The molecular weight excluding hydrogens is 238 g/mol. The highest BCUT2D eigenvalue weighted by molar-refractivity contribution is 7.84. The zero-order chi connectivity index (χ0) is 13.7. The number of hydrogen-bond acceptors (Lipinski definition) is 3. The lowest BCUT2D eigenvalue weighted by Gasteiger charge is -2.35. The Morgan fingerprint density at radius 2 is 1.47 bits per heavy atom. The minimum Gasteiger partial charge on any atom is -0.351 e. The van der Waals surface area contributed by atoms with Crippen molar-refractivity contribution >= 4 is 11.0 Å². The lowest BCUT2D eigenvalue weighted by atomic mass is 10.1. The van der Waals surface area contributed by atoms with Gasteiger partial charge in [0.1, 0.15) is 0 Å². The Labute approximate surface area is 108 Å². The SMILES string of the molecule is CCOC(OCC)C(C)(C)N[S@](=O)C(C)(C)C. The fourth-order valence-electron chi connectivity index (χ4n) is 1.21. The van der Waals surface area contributed by atoms with Crippen molar-refractivity contribution in [2.75, 3.05) is 13.2 Å². The van der Waals surface area contributed by atoms with Crippen LogP contribution in [0, 0.1) is 0 Å². The Kier molecular flexibility index (Phi) is 6.84. The highest BCUT2D eigenvalue weighted by Gasteiger charge is 2.35. The first-order chi connectivity index (χ1) is 7.65. The van der Waals surface area contributed by atoms with Crippen molar-refractivity contribution in [3.05, 3.63) is 0 Å². The van der Waals surface area contributed by atoms with Crippen molar-refractivity contribution in [1.82, 2.24) is 4.72 Å². The topological polar surface area (TPSA) is 47.6 Å². The van der Waals surface area contributed by atoms with Crippen LogP contribution in [-0.2, 0) is 20.5 Å². The van der Waals surface area contributed by atoms with Gasteiger partial charge in [-0.3, -0.25) is 0 Å². The van der Waals surface area contributed by atoms with Crippen LogP contribution in [0.3, 0.4) is 0 Å². The summed E-state index contributed by atoms with van der Waals surface area (Å²) in [6.45, 7) is 14.6. The van der Waals surface area contributed by atoms with Gasteiger partial charge in [-0.1, -0.05) is 0 Å². The van der Waals surface area contributed by atoms with Crippen molar-refractivity contribution < 1.29 is 13.7 Å². The Balaban J connectivity index is 4.66. The second kappa shape index (κ2) is 6.83. The fourth-order valence-corrected chi connectivity index (χ4v) is 2.09. The molecule has 0 aromatic heterocycles. The molecule has 104 valence electrons. The van der Waals surface area contributed by atoms with Gasteiger partial charge in [0.15, 0.2) is 6.29 Å². The van der Waals surface area contributed by atoms with E-state index in [-0.39, 0.29) is 4.75 Å². The third-order valence-corrected chi connectivity index (χ3v) is 3.96. The second-order valence-corrected chi connectivity index (χ2v) is 7.41. The van der Waals surface area contributed by atoms with Gasteiger partial charge in [0, 0.05) is 13.2 Å². The quantitative estimate of drug-likeness (QED) is 0.718. The van der Waals surface area contributed by atoms with Crippen LogP contribution in [0.15, 0.2) is 0 Å². The molecule has 0 radical (unpaired) electrons. The predicted molar refractivity (Wildman–Crippen MR) is 72.2 cm³/mol. The Morgan fingerprint density at radius 3 is 1.76 bits per heavy atom. The summed E-state index contributed by atoms with van der Waals surface area (Å²) in [7, 11) is -1.14. The third kappa shape index (κ3) is 5.95. The molecule has 0 bridgehead atoms. The van der Waals surface area contributed by atoms with Gasteiger partial charge >= 0.3 is 0 Å². The van der Waals surface area contributed by atoms with Crippen LogP contribution in [0.4, 0.5) is 0 Å². The van der Waals surface area contributed by atoms with Gasteiger partial charge in [-0.15, -0.1) is 0 Å². The van der Waals surface area contributed by atoms with E-state index in [9.17, 15) is 4.21 Å². The van der Waals surface area contributed by atoms with Crippen LogP contribution >= 0.6 is 0 Å². The predicted octanol–water partition coefficient (Wildman–Crippen LogP) is 2.22. The van der Waals surface area contributed by atoms with E-state index in [1.54, 1.807) is 0 Å². The molecule has 0 aliphatic rings. The molecule has 0 saturated heterocycles. The summed E-state index contributed by atoms with van der Waals surface area (Å²) in [5.41, 5.74) is -0.496. The van der Waals surface area contributed by atoms with Gasteiger partial charge in [0.25, 0.3) is 0 Å². The molecule has 0 aromatic carbocycles. The molecule has 0 aliphatic heterocycles. The molecular formula is C12H27NO3S.